The van der Waals surface area contributed by atoms with E-state index in [1.165, 1.54) is 12.8 Å². The maximum Gasteiger partial charge on any atom is 0.213 e. The highest BCUT2D eigenvalue weighted by molar-refractivity contribution is 9.26. The molecule has 0 bridgehead atoms. The predicted octanol–water partition coefficient (Wildman–Crippen LogP) is 4.88. The Morgan fingerprint density at radius 3 is 2.00 bits per heavy atom. The van der Waals surface area contributed by atoms with Crippen molar-refractivity contribution in [3.63, 3.8) is 0 Å². The van der Waals surface area contributed by atoms with Crippen LogP contribution in [0.5, 0.6) is 0 Å². The molecule has 0 aliphatic rings. The van der Waals surface area contributed by atoms with E-state index >= 15 is 0 Å². The second-order valence-electron chi connectivity index (χ2n) is 4.48. The summed E-state index contributed by atoms with van der Waals surface area (Å²) in [6.45, 7) is 9.86. The molecule has 0 rings (SSSR count). The van der Waals surface area contributed by atoms with Crippen molar-refractivity contribution in [3.8, 4) is 11.5 Å². The van der Waals surface area contributed by atoms with Crippen LogP contribution in [0.3, 0.4) is 0 Å². The number of hydrogen-bond donors (Lipinski definition) is 0. The number of rotatable bonds is 4. The molecule has 0 aromatic rings. The quantitative estimate of drug-likeness (QED) is 0.297. The molecule has 0 heterocycles. The Bertz CT molecular complexity index is 202. The van der Waals surface area contributed by atoms with E-state index in [4.69, 9.17) is 0 Å². The van der Waals surface area contributed by atoms with Gasteiger partial charge in [-0.3, -0.25) is 0 Å². The molecule has 0 atom stereocenters. The van der Waals surface area contributed by atoms with E-state index in [2.05, 4.69) is 61.4 Å². The van der Waals surface area contributed by atoms with Gasteiger partial charge in [0, 0.05) is 6.42 Å². The second kappa shape index (κ2) is 6.69. The van der Waals surface area contributed by atoms with Crippen molar-refractivity contribution in [1.29, 1.82) is 0 Å². The van der Waals surface area contributed by atoms with Gasteiger partial charge < -0.3 is 0 Å². The highest BCUT2D eigenvalue weighted by Crippen LogP contribution is 2.36. The Balaban J connectivity index is 4.42. The van der Waals surface area contributed by atoms with Crippen molar-refractivity contribution in [3.05, 3.63) is 0 Å². The van der Waals surface area contributed by atoms with Gasteiger partial charge in [0.05, 0.1) is 0 Å². The molecule has 0 amide bonds. The van der Waals surface area contributed by atoms with E-state index in [1.54, 1.807) is 0 Å². The summed E-state index contributed by atoms with van der Waals surface area (Å²) in [6, 6.07) is 0. The van der Waals surface area contributed by atoms with Gasteiger partial charge in [0.15, 0.2) is 0 Å². The van der Waals surface area contributed by atoms with Crippen LogP contribution < -0.4 is 0 Å². The van der Waals surface area contributed by atoms with E-state index < -0.39 is 6.69 Å². The maximum atomic E-state index is 3.93. The molecule has 2 heteroatoms. The molecule has 0 aliphatic carbocycles. The van der Waals surface area contributed by atoms with E-state index in [0.717, 1.165) is 6.42 Å². The van der Waals surface area contributed by atoms with Gasteiger partial charge in [-0.25, -0.2) is 0 Å². The van der Waals surface area contributed by atoms with Crippen molar-refractivity contribution in [2.24, 2.45) is 0 Å². The van der Waals surface area contributed by atoms with Crippen LogP contribution in [0.1, 0.15) is 53.9 Å². The van der Waals surface area contributed by atoms with E-state index in [-0.39, 0.29) is 0 Å². The lowest BCUT2D eigenvalue weighted by atomic mass is 10.3. The van der Waals surface area contributed by atoms with Crippen LogP contribution in [0, 0.1) is 11.5 Å². The van der Waals surface area contributed by atoms with Crippen LogP contribution >= 0.6 is 15.3 Å². The van der Waals surface area contributed by atoms with Crippen LogP contribution in [0.15, 0.2) is 0 Å². The van der Waals surface area contributed by atoms with Crippen molar-refractivity contribution in [2.45, 2.75) is 65.0 Å². The molecular weight excluding hydrogens is 252 g/mol. The lowest BCUT2D eigenvalue weighted by Crippen LogP contribution is -2.32. The third-order valence-corrected chi connectivity index (χ3v) is 12.6. The van der Waals surface area contributed by atoms with Gasteiger partial charge >= 0.3 is 0 Å². The number of hydrogen-bond acceptors (Lipinski definition) is 0. The molecule has 0 aromatic carbocycles. The molecule has 14 heavy (non-hydrogen) atoms. The van der Waals surface area contributed by atoms with Crippen molar-refractivity contribution in [1.82, 2.24) is 0 Å². The van der Waals surface area contributed by atoms with Gasteiger partial charge in [0.1, 0.15) is 0 Å². The summed E-state index contributed by atoms with van der Waals surface area (Å²) in [5.41, 5.74) is 4.92. The van der Waals surface area contributed by atoms with Crippen molar-refractivity contribution in [2.75, 3.05) is 0 Å². The SMILES string of the molecule is CCCCC#C[Si](Br)(C(C)C)C(C)C. The highest BCUT2D eigenvalue weighted by Gasteiger charge is 2.35. The Morgan fingerprint density at radius 2 is 1.64 bits per heavy atom. The average Bonchev–Trinajstić information content (AvgIpc) is 2.11. The second-order valence-corrected chi connectivity index (χ2v) is 12.5. The Morgan fingerprint density at radius 1 is 1.14 bits per heavy atom. The first-order valence-electron chi connectivity index (χ1n) is 5.64. The Kier molecular flexibility index (Phi) is 6.81. The molecular formula is C12H23BrSi. The average molecular weight is 275 g/mol. The maximum absolute atomic E-state index is 3.93. The smallest absolute Gasteiger partial charge is 0.117 e. The highest BCUT2D eigenvalue weighted by atomic mass is 79.9. The van der Waals surface area contributed by atoms with E-state index in [0.29, 0.717) is 11.1 Å². The van der Waals surface area contributed by atoms with Gasteiger partial charge in [-0.05, 0) is 17.5 Å². The van der Waals surface area contributed by atoms with Gasteiger partial charge in [-0.1, -0.05) is 41.0 Å². The third-order valence-electron chi connectivity index (χ3n) is 2.62. The van der Waals surface area contributed by atoms with Crippen molar-refractivity contribution < 1.29 is 0 Å². The molecule has 0 spiro atoms. The summed E-state index contributed by atoms with van der Waals surface area (Å²) in [5, 5.41) is 0. The molecule has 0 aliphatic heterocycles. The predicted molar refractivity (Wildman–Crippen MR) is 72.2 cm³/mol. The van der Waals surface area contributed by atoms with Gasteiger partial charge in [0.2, 0.25) is 6.69 Å². The molecule has 0 saturated carbocycles. The summed E-state index contributed by atoms with van der Waals surface area (Å²) in [6.07, 6.45) is 3.55. The molecule has 82 valence electrons. The minimum atomic E-state index is -1.50. The number of unbranched alkanes of at least 4 members (excludes halogenated alkanes) is 2. The molecule has 0 fully saturated rings. The zero-order valence-corrected chi connectivity index (χ0v) is 12.7. The molecule has 0 N–H and O–H groups in total. The van der Waals surface area contributed by atoms with E-state index in [9.17, 15) is 0 Å². The lowest BCUT2D eigenvalue weighted by molar-refractivity contribution is 0.828. The van der Waals surface area contributed by atoms with Crippen molar-refractivity contribution >= 4 is 22.0 Å². The zero-order chi connectivity index (χ0) is 11.2. The fourth-order valence-corrected chi connectivity index (χ4v) is 4.15. The van der Waals surface area contributed by atoms with Crippen LogP contribution in [0.2, 0.25) is 11.1 Å². The van der Waals surface area contributed by atoms with Gasteiger partial charge in [-0.2, -0.15) is 0 Å². The fourth-order valence-electron chi connectivity index (χ4n) is 1.42. The first-order valence-corrected chi connectivity index (χ1v) is 10.0. The van der Waals surface area contributed by atoms with Crippen LogP contribution in [-0.2, 0) is 0 Å². The summed E-state index contributed by atoms with van der Waals surface area (Å²) in [4.78, 5) is 0. The zero-order valence-electron chi connectivity index (χ0n) is 10.2. The van der Waals surface area contributed by atoms with Crippen LogP contribution in [0.4, 0.5) is 0 Å². The first kappa shape index (κ1) is 14.3. The first-order chi connectivity index (χ1) is 6.45. The minimum absolute atomic E-state index is 0.691. The molecule has 0 unspecified atom stereocenters. The topological polar surface area (TPSA) is 0 Å². The summed E-state index contributed by atoms with van der Waals surface area (Å²) < 4.78 is 0. The number of halogens is 1. The molecule has 0 saturated heterocycles. The third kappa shape index (κ3) is 4.19. The summed E-state index contributed by atoms with van der Waals surface area (Å²) in [7, 11) is 0. The standard InChI is InChI=1S/C12H23BrSi/c1-6-7-8-9-10-14(13,11(2)3)12(4)5/h11-12H,6-8H2,1-5H3. The van der Waals surface area contributed by atoms with Crippen LogP contribution in [-0.4, -0.2) is 6.69 Å². The molecule has 0 aromatic heterocycles. The fraction of sp³-hybridized carbons (Fsp3) is 0.833. The largest absolute Gasteiger partial charge is 0.213 e. The summed E-state index contributed by atoms with van der Waals surface area (Å²) in [5.74, 6) is 3.35. The van der Waals surface area contributed by atoms with Gasteiger partial charge in [0.25, 0.3) is 0 Å². The Hall–Kier alpha value is 0.257. The summed E-state index contributed by atoms with van der Waals surface area (Å²) >= 11 is 3.93. The Labute approximate surface area is 98.5 Å². The normalized spacial score (nSPS) is 11.7. The monoisotopic (exact) mass is 274 g/mol. The molecule has 0 nitrogen and oxygen atoms in total. The lowest BCUT2D eigenvalue weighted by Gasteiger charge is -2.27. The van der Waals surface area contributed by atoms with E-state index in [1.807, 2.05) is 0 Å². The minimum Gasteiger partial charge on any atom is -0.117 e. The molecule has 0 radical (unpaired) electrons. The van der Waals surface area contributed by atoms with Crippen LogP contribution in [0.25, 0.3) is 0 Å². The van der Waals surface area contributed by atoms with Gasteiger partial charge in [-0.15, -0.1) is 26.8 Å².